The molecule has 0 radical (unpaired) electrons. The first kappa shape index (κ1) is 10.5. The minimum Gasteiger partial charge on any atom is -0.485 e. The number of hydrogen-bond acceptors (Lipinski definition) is 3. The number of ether oxygens (including phenoxy) is 1. The summed E-state index contributed by atoms with van der Waals surface area (Å²) in [6.07, 6.45) is 3.13. The van der Waals surface area contributed by atoms with Gasteiger partial charge in [0, 0.05) is 30.6 Å². The number of halogens is 2. The van der Waals surface area contributed by atoms with Gasteiger partial charge < -0.3 is 4.74 Å². The zero-order valence-electron chi connectivity index (χ0n) is 8.23. The maximum Gasteiger partial charge on any atom is 0.166 e. The van der Waals surface area contributed by atoms with Crippen LogP contribution in [0.1, 0.15) is 5.82 Å². The lowest BCUT2D eigenvalue weighted by atomic mass is 10.3. The third-order valence-electron chi connectivity index (χ3n) is 1.82. The van der Waals surface area contributed by atoms with E-state index >= 15 is 0 Å². The van der Waals surface area contributed by atoms with Crippen LogP contribution in [0.4, 0.5) is 8.78 Å². The maximum atomic E-state index is 12.8. The van der Waals surface area contributed by atoms with Crippen molar-refractivity contribution in [1.29, 1.82) is 0 Å². The van der Waals surface area contributed by atoms with Crippen LogP contribution in [0.5, 0.6) is 5.75 Å². The molecule has 82 valence electrons. The van der Waals surface area contributed by atoms with E-state index in [0.717, 1.165) is 18.2 Å². The molecule has 1 aromatic heterocycles. The van der Waals surface area contributed by atoms with E-state index in [9.17, 15) is 8.78 Å². The molecule has 0 spiro atoms. The van der Waals surface area contributed by atoms with Gasteiger partial charge in [-0.05, 0) is 6.07 Å². The molecule has 0 saturated carbocycles. The average Bonchev–Trinajstić information content (AvgIpc) is 2.27. The summed E-state index contributed by atoms with van der Waals surface area (Å²) >= 11 is 0. The second-order valence-corrected chi connectivity index (χ2v) is 3.06. The zero-order valence-corrected chi connectivity index (χ0v) is 8.23. The van der Waals surface area contributed by atoms with Gasteiger partial charge in [-0.15, -0.1) is 0 Å². The van der Waals surface area contributed by atoms with Crippen molar-refractivity contribution in [3.8, 4) is 5.75 Å². The van der Waals surface area contributed by atoms with Crippen LogP contribution in [-0.2, 0) is 6.61 Å². The first-order valence-electron chi connectivity index (χ1n) is 4.59. The van der Waals surface area contributed by atoms with Crippen molar-refractivity contribution in [3.05, 3.63) is 54.1 Å². The van der Waals surface area contributed by atoms with Gasteiger partial charge >= 0.3 is 0 Å². The van der Waals surface area contributed by atoms with E-state index in [-0.39, 0.29) is 12.4 Å². The SMILES string of the molecule is Fc1cc(F)cc(OCc2ncccn2)c1. The summed E-state index contributed by atoms with van der Waals surface area (Å²) in [6, 6.07) is 4.66. The summed E-state index contributed by atoms with van der Waals surface area (Å²) in [4.78, 5) is 7.83. The van der Waals surface area contributed by atoms with Gasteiger partial charge in [0.2, 0.25) is 0 Å². The number of rotatable bonds is 3. The van der Waals surface area contributed by atoms with E-state index in [4.69, 9.17) is 4.74 Å². The van der Waals surface area contributed by atoms with Crippen molar-refractivity contribution in [2.45, 2.75) is 6.61 Å². The van der Waals surface area contributed by atoms with E-state index in [2.05, 4.69) is 9.97 Å². The first-order chi connectivity index (χ1) is 7.74. The molecule has 0 aliphatic rings. The molecule has 5 heteroatoms. The Labute approximate surface area is 90.7 Å². The lowest BCUT2D eigenvalue weighted by molar-refractivity contribution is 0.292. The van der Waals surface area contributed by atoms with Crippen LogP contribution in [0, 0.1) is 11.6 Å². The van der Waals surface area contributed by atoms with Crippen molar-refractivity contribution in [2.24, 2.45) is 0 Å². The zero-order chi connectivity index (χ0) is 11.4. The predicted octanol–water partition coefficient (Wildman–Crippen LogP) is 2.33. The van der Waals surface area contributed by atoms with Gasteiger partial charge in [0.1, 0.15) is 24.0 Å². The minimum atomic E-state index is -0.677. The highest BCUT2D eigenvalue weighted by atomic mass is 19.1. The molecule has 3 nitrogen and oxygen atoms in total. The van der Waals surface area contributed by atoms with Gasteiger partial charge in [-0.2, -0.15) is 0 Å². The third kappa shape index (κ3) is 2.73. The highest BCUT2D eigenvalue weighted by Gasteiger charge is 2.02. The molecule has 2 aromatic rings. The monoisotopic (exact) mass is 222 g/mol. The Hall–Kier alpha value is -2.04. The molecule has 2 rings (SSSR count). The lowest BCUT2D eigenvalue weighted by Gasteiger charge is -2.04. The second-order valence-electron chi connectivity index (χ2n) is 3.06. The molecular weight excluding hydrogens is 214 g/mol. The Morgan fingerprint density at radius 3 is 2.25 bits per heavy atom. The van der Waals surface area contributed by atoms with Gasteiger partial charge in [-0.25, -0.2) is 18.7 Å². The molecule has 0 unspecified atom stereocenters. The number of nitrogens with zero attached hydrogens (tertiary/aromatic N) is 2. The molecule has 1 heterocycles. The van der Waals surface area contributed by atoms with E-state index in [1.807, 2.05) is 0 Å². The molecule has 1 aromatic carbocycles. The normalized spacial score (nSPS) is 10.1. The molecule has 0 aliphatic carbocycles. The Kier molecular flexibility index (Phi) is 3.05. The van der Waals surface area contributed by atoms with Gasteiger partial charge in [0.15, 0.2) is 5.82 Å². The largest absolute Gasteiger partial charge is 0.485 e. The molecule has 16 heavy (non-hydrogen) atoms. The maximum absolute atomic E-state index is 12.8. The highest BCUT2D eigenvalue weighted by molar-refractivity contribution is 5.23. The predicted molar refractivity (Wildman–Crippen MR) is 52.7 cm³/mol. The van der Waals surface area contributed by atoms with Gasteiger partial charge in [-0.1, -0.05) is 0 Å². The lowest BCUT2D eigenvalue weighted by Crippen LogP contribution is -2.00. The van der Waals surface area contributed by atoms with Crippen molar-refractivity contribution in [1.82, 2.24) is 9.97 Å². The standard InChI is InChI=1S/C11H8F2N2O/c12-8-4-9(13)6-10(5-8)16-7-11-14-2-1-3-15-11/h1-6H,7H2. The molecule has 0 bridgehead atoms. The number of hydrogen-bond donors (Lipinski definition) is 0. The summed E-state index contributed by atoms with van der Waals surface area (Å²) < 4.78 is 30.8. The Bertz CT molecular complexity index is 456. The second kappa shape index (κ2) is 4.65. The fraction of sp³-hybridized carbons (Fsp3) is 0.0909. The Morgan fingerprint density at radius 1 is 1.00 bits per heavy atom. The van der Waals surface area contributed by atoms with Crippen LogP contribution < -0.4 is 4.74 Å². The molecule has 0 fully saturated rings. The smallest absolute Gasteiger partial charge is 0.166 e. The van der Waals surface area contributed by atoms with E-state index in [1.165, 1.54) is 0 Å². The van der Waals surface area contributed by atoms with Crippen LogP contribution in [0.3, 0.4) is 0 Å². The topological polar surface area (TPSA) is 35.0 Å². The van der Waals surface area contributed by atoms with Crippen molar-refractivity contribution in [3.63, 3.8) is 0 Å². The van der Waals surface area contributed by atoms with Crippen LogP contribution in [0.2, 0.25) is 0 Å². The van der Waals surface area contributed by atoms with E-state index < -0.39 is 11.6 Å². The Balaban J connectivity index is 2.05. The molecule has 0 saturated heterocycles. The minimum absolute atomic E-state index is 0.0731. The van der Waals surface area contributed by atoms with Gasteiger partial charge in [-0.3, -0.25) is 0 Å². The van der Waals surface area contributed by atoms with E-state index in [1.54, 1.807) is 18.5 Å². The van der Waals surface area contributed by atoms with Crippen LogP contribution in [0.15, 0.2) is 36.7 Å². The first-order valence-corrected chi connectivity index (χ1v) is 4.59. The van der Waals surface area contributed by atoms with Crippen molar-refractivity contribution in [2.75, 3.05) is 0 Å². The fourth-order valence-corrected chi connectivity index (χ4v) is 1.16. The van der Waals surface area contributed by atoms with Gasteiger partial charge in [0.25, 0.3) is 0 Å². The molecule has 0 atom stereocenters. The molecule has 0 amide bonds. The number of aromatic nitrogens is 2. The Morgan fingerprint density at radius 2 is 1.62 bits per heavy atom. The van der Waals surface area contributed by atoms with Crippen LogP contribution >= 0.6 is 0 Å². The summed E-state index contributed by atoms with van der Waals surface area (Å²) in [6.45, 7) is 0.0731. The van der Waals surface area contributed by atoms with Gasteiger partial charge in [0.05, 0.1) is 0 Å². The summed E-state index contributed by atoms with van der Waals surface area (Å²) in [5.74, 6) is -0.787. The quantitative estimate of drug-likeness (QED) is 0.799. The van der Waals surface area contributed by atoms with Crippen LogP contribution in [0.25, 0.3) is 0 Å². The fourth-order valence-electron chi connectivity index (χ4n) is 1.16. The molecule has 0 N–H and O–H groups in total. The van der Waals surface area contributed by atoms with Crippen molar-refractivity contribution < 1.29 is 13.5 Å². The summed E-state index contributed by atoms with van der Waals surface area (Å²) in [5.41, 5.74) is 0. The summed E-state index contributed by atoms with van der Waals surface area (Å²) in [5, 5.41) is 0. The highest BCUT2D eigenvalue weighted by Crippen LogP contribution is 2.15. The van der Waals surface area contributed by atoms with Crippen LogP contribution in [-0.4, -0.2) is 9.97 Å². The van der Waals surface area contributed by atoms with Crippen molar-refractivity contribution >= 4 is 0 Å². The molecule has 0 aliphatic heterocycles. The number of benzene rings is 1. The third-order valence-corrected chi connectivity index (χ3v) is 1.82. The molecular formula is C11H8F2N2O. The summed E-state index contributed by atoms with van der Waals surface area (Å²) in [7, 11) is 0. The average molecular weight is 222 g/mol. The van der Waals surface area contributed by atoms with E-state index in [0.29, 0.717) is 5.82 Å².